The van der Waals surface area contributed by atoms with E-state index in [0.717, 1.165) is 6.42 Å². The minimum absolute atomic E-state index is 0.284. The predicted molar refractivity (Wildman–Crippen MR) is 76.8 cm³/mol. The molecule has 0 spiro atoms. The lowest BCUT2D eigenvalue weighted by atomic mass is 9.90. The number of amides is 1. The molecule has 0 aliphatic carbocycles. The monoisotopic (exact) mass is 294 g/mol. The smallest absolute Gasteiger partial charge is 0.329 e. The number of carbonyl (C=O) groups excluding carboxylic acids is 1. The standard InChI is InChI=1S/C14H22N4O3/c1-2-4-14(13(20)21)5-3-7-18(14)12(19)11-9-17(8-6-15)10-16-11/h9-10H,2-8,15H2,1H3,(H,20,21). The molecular formula is C14H22N4O3. The Morgan fingerprint density at radius 2 is 2.29 bits per heavy atom. The van der Waals surface area contributed by atoms with Gasteiger partial charge in [0.1, 0.15) is 11.2 Å². The third-order valence-electron chi connectivity index (χ3n) is 4.04. The van der Waals surface area contributed by atoms with Crippen LogP contribution in [-0.2, 0) is 11.3 Å². The quantitative estimate of drug-likeness (QED) is 0.804. The van der Waals surface area contributed by atoms with Crippen molar-refractivity contribution < 1.29 is 14.7 Å². The number of carbonyl (C=O) groups is 2. The SMILES string of the molecule is CCCC1(C(=O)O)CCCN1C(=O)c1cn(CCN)cn1. The molecule has 1 aromatic heterocycles. The van der Waals surface area contributed by atoms with Crippen LogP contribution in [0.25, 0.3) is 0 Å². The largest absolute Gasteiger partial charge is 0.479 e. The number of nitrogens with zero attached hydrogens (tertiary/aromatic N) is 3. The maximum Gasteiger partial charge on any atom is 0.329 e. The summed E-state index contributed by atoms with van der Waals surface area (Å²) in [6, 6.07) is 0. The normalized spacial score (nSPS) is 21.7. The summed E-state index contributed by atoms with van der Waals surface area (Å²) in [5.74, 6) is -1.23. The molecule has 1 saturated heterocycles. The topological polar surface area (TPSA) is 101 Å². The summed E-state index contributed by atoms with van der Waals surface area (Å²) >= 11 is 0. The summed E-state index contributed by atoms with van der Waals surface area (Å²) in [6.45, 7) is 3.44. The summed E-state index contributed by atoms with van der Waals surface area (Å²) in [7, 11) is 0. The van der Waals surface area contributed by atoms with Gasteiger partial charge in [0, 0.05) is 25.8 Å². The van der Waals surface area contributed by atoms with Crippen molar-refractivity contribution in [2.45, 2.75) is 44.7 Å². The molecule has 1 fully saturated rings. The van der Waals surface area contributed by atoms with Crippen molar-refractivity contribution in [2.75, 3.05) is 13.1 Å². The average Bonchev–Trinajstić information content (AvgIpc) is 3.06. The number of nitrogens with two attached hydrogens (primary N) is 1. The number of rotatable bonds is 6. The van der Waals surface area contributed by atoms with Crippen molar-refractivity contribution in [2.24, 2.45) is 5.73 Å². The molecule has 1 unspecified atom stereocenters. The van der Waals surface area contributed by atoms with Crippen LogP contribution >= 0.6 is 0 Å². The van der Waals surface area contributed by atoms with Gasteiger partial charge >= 0.3 is 5.97 Å². The van der Waals surface area contributed by atoms with E-state index in [-0.39, 0.29) is 11.6 Å². The lowest BCUT2D eigenvalue weighted by Crippen LogP contribution is -2.53. The molecule has 1 aliphatic heterocycles. The molecule has 3 N–H and O–H groups in total. The molecule has 2 heterocycles. The van der Waals surface area contributed by atoms with Crippen LogP contribution in [0.1, 0.15) is 43.1 Å². The molecule has 0 saturated carbocycles. The molecule has 7 heteroatoms. The molecule has 1 atom stereocenters. The highest BCUT2D eigenvalue weighted by Crippen LogP contribution is 2.35. The molecule has 0 aromatic carbocycles. The number of aliphatic carboxylic acids is 1. The molecule has 116 valence electrons. The van der Waals surface area contributed by atoms with E-state index in [1.54, 1.807) is 17.1 Å². The predicted octanol–water partition coefficient (Wildman–Crippen LogP) is 0.701. The molecule has 2 rings (SSSR count). The second-order valence-corrected chi connectivity index (χ2v) is 5.43. The highest BCUT2D eigenvalue weighted by molar-refractivity contribution is 5.96. The van der Waals surface area contributed by atoms with Crippen LogP contribution in [0.15, 0.2) is 12.5 Å². The molecule has 21 heavy (non-hydrogen) atoms. The highest BCUT2D eigenvalue weighted by Gasteiger charge is 2.49. The van der Waals surface area contributed by atoms with Crippen molar-refractivity contribution in [3.8, 4) is 0 Å². The fraction of sp³-hybridized carbons (Fsp3) is 0.643. The number of hydrogen-bond acceptors (Lipinski definition) is 4. The van der Waals surface area contributed by atoms with Gasteiger partial charge in [0.15, 0.2) is 0 Å². The fourth-order valence-corrected chi connectivity index (χ4v) is 3.06. The molecule has 1 aliphatic rings. The van der Waals surface area contributed by atoms with Crippen LogP contribution in [0.2, 0.25) is 0 Å². The lowest BCUT2D eigenvalue weighted by molar-refractivity contribution is -0.148. The summed E-state index contributed by atoms with van der Waals surface area (Å²) in [5.41, 5.74) is 4.67. The molecule has 0 radical (unpaired) electrons. The zero-order valence-corrected chi connectivity index (χ0v) is 12.3. The van der Waals surface area contributed by atoms with Gasteiger partial charge in [-0.3, -0.25) is 4.79 Å². The van der Waals surface area contributed by atoms with Gasteiger partial charge in [0.2, 0.25) is 0 Å². The minimum Gasteiger partial charge on any atom is -0.479 e. The molecule has 7 nitrogen and oxygen atoms in total. The van der Waals surface area contributed by atoms with E-state index in [0.29, 0.717) is 38.9 Å². The van der Waals surface area contributed by atoms with Gasteiger partial charge in [0.25, 0.3) is 5.91 Å². The van der Waals surface area contributed by atoms with E-state index < -0.39 is 11.5 Å². The first-order valence-electron chi connectivity index (χ1n) is 7.32. The van der Waals surface area contributed by atoms with Crippen molar-refractivity contribution in [1.29, 1.82) is 0 Å². The van der Waals surface area contributed by atoms with Gasteiger partial charge in [-0.25, -0.2) is 9.78 Å². The minimum atomic E-state index is -1.08. The Labute approximate surface area is 123 Å². The fourth-order valence-electron chi connectivity index (χ4n) is 3.06. The van der Waals surface area contributed by atoms with Crippen molar-refractivity contribution in [3.63, 3.8) is 0 Å². The highest BCUT2D eigenvalue weighted by atomic mass is 16.4. The van der Waals surface area contributed by atoms with Gasteiger partial charge in [0.05, 0.1) is 6.33 Å². The average molecular weight is 294 g/mol. The van der Waals surface area contributed by atoms with Crippen molar-refractivity contribution in [3.05, 3.63) is 18.2 Å². The molecule has 1 aromatic rings. The van der Waals surface area contributed by atoms with Crippen LogP contribution in [0, 0.1) is 0 Å². The second-order valence-electron chi connectivity index (χ2n) is 5.43. The van der Waals surface area contributed by atoms with Crippen LogP contribution < -0.4 is 5.73 Å². The summed E-state index contributed by atoms with van der Waals surface area (Å²) in [5, 5.41) is 9.61. The number of imidazole rings is 1. The number of aromatic nitrogens is 2. The Morgan fingerprint density at radius 1 is 1.52 bits per heavy atom. The zero-order chi connectivity index (χ0) is 15.5. The number of likely N-dealkylation sites (tertiary alicyclic amines) is 1. The summed E-state index contributed by atoms with van der Waals surface area (Å²) < 4.78 is 1.74. The van der Waals surface area contributed by atoms with Crippen LogP contribution in [0.5, 0.6) is 0 Å². The first kappa shape index (κ1) is 15.5. The van der Waals surface area contributed by atoms with E-state index in [1.165, 1.54) is 4.90 Å². The van der Waals surface area contributed by atoms with Crippen molar-refractivity contribution in [1.82, 2.24) is 14.5 Å². The van der Waals surface area contributed by atoms with Gasteiger partial charge in [-0.05, 0) is 19.3 Å². The summed E-state index contributed by atoms with van der Waals surface area (Å²) in [4.78, 5) is 29.9. The third kappa shape index (κ3) is 2.78. The Morgan fingerprint density at radius 3 is 2.90 bits per heavy atom. The first-order chi connectivity index (χ1) is 10.0. The number of carboxylic acid groups (broad SMARTS) is 1. The van der Waals surface area contributed by atoms with E-state index in [1.807, 2.05) is 6.92 Å². The molecule has 0 bridgehead atoms. The Bertz CT molecular complexity index is 528. The van der Waals surface area contributed by atoms with Crippen molar-refractivity contribution >= 4 is 11.9 Å². The van der Waals surface area contributed by atoms with Crippen LogP contribution in [0.4, 0.5) is 0 Å². The van der Waals surface area contributed by atoms with Gasteiger partial charge < -0.3 is 20.3 Å². The molecular weight excluding hydrogens is 272 g/mol. The van der Waals surface area contributed by atoms with Gasteiger partial charge in [-0.2, -0.15) is 0 Å². The Hall–Kier alpha value is -1.89. The van der Waals surface area contributed by atoms with E-state index >= 15 is 0 Å². The first-order valence-corrected chi connectivity index (χ1v) is 7.32. The van der Waals surface area contributed by atoms with Gasteiger partial charge in [-0.15, -0.1) is 0 Å². The third-order valence-corrected chi connectivity index (χ3v) is 4.04. The van der Waals surface area contributed by atoms with E-state index in [4.69, 9.17) is 5.73 Å². The van der Waals surface area contributed by atoms with Gasteiger partial charge in [-0.1, -0.05) is 13.3 Å². The maximum atomic E-state index is 12.6. The van der Waals surface area contributed by atoms with E-state index in [2.05, 4.69) is 4.98 Å². The summed E-state index contributed by atoms with van der Waals surface area (Å²) in [6.07, 6.45) is 5.59. The maximum absolute atomic E-state index is 12.6. The van der Waals surface area contributed by atoms with Crippen LogP contribution in [-0.4, -0.2) is 50.1 Å². The number of carboxylic acids is 1. The van der Waals surface area contributed by atoms with Crippen LogP contribution in [0.3, 0.4) is 0 Å². The zero-order valence-electron chi connectivity index (χ0n) is 12.3. The lowest BCUT2D eigenvalue weighted by Gasteiger charge is -2.34. The number of hydrogen-bond donors (Lipinski definition) is 2. The van der Waals surface area contributed by atoms with E-state index in [9.17, 15) is 14.7 Å². The Kier molecular flexibility index (Phi) is 4.62. The second kappa shape index (κ2) is 6.26. The molecule has 1 amide bonds. The Balaban J connectivity index is 2.25.